The molecule has 7 heteroatoms. The zero-order valence-electron chi connectivity index (χ0n) is 18.2. The van der Waals surface area contributed by atoms with Crippen LogP contribution in [-0.4, -0.2) is 21.9 Å². The molecule has 1 atom stereocenters. The molecule has 0 spiro atoms. The number of ketones is 1. The highest BCUT2D eigenvalue weighted by atomic mass is 35.5. The number of hydrogen-bond acceptors (Lipinski definition) is 5. The van der Waals surface area contributed by atoms with Crippen LogP contribution in [0.3, 0.4) is 0 Å². The largest absolute Gasteiger partial charge is 0.508 e. The summed E-state index contributed by atoms with van der Waals surface area (Å²) in [5, 5.41) is 21.8. The lowest BCUT2D eigenvalue weighted by Crippen LogP contribution is -2.31. The van der Waals surface area contributed by atoms with Crippen molar-refractivity contribution in [2.75, 3.05) is 4.90 Å². The Morgan fingerprint density at radius 2 is 1.71 bits per heavy atom. The van der Waals surface area contributed by atoms with Gasteiger partial charge in [0.25, 0.3) is 5.91 Å². The first-order valence-electron chi connectivity index (χ1n) is 10.8. The standard InChI is InChI=1S/C27H20ClNO5/c1-2-15-3-8-19(9-4-15)29-24(16-5-10-20(30)11-6-16)23(26(32)27(29)33)25(31)22-14-17-13-18(28)7-12-21(17)34-22/h3-14,24,30,32H,2H2,1H3. The Morgan fingerprint density at radius 1 is 1.00 bits per heavy atom. The van der Waals surface area contributed by atoms with Gasteiger partial charge in [0.15, 0.2) is 11.5 Å². The third kappa shape index (κ3) is 3.62. The minimum absolute atomic E-state index is 0.0152. The molecule has 2 heterocycles. The second-order valence-corrected chi connectivity index (χ2v) is 8.51. The third-order valence-electron chi connectivity index (χ3n) is 5.99. The summed E-state index contributed by atoms with van der Waals surface area (Å²) in [4.78, 5) is 28.2. The molecule has 0 saturated heterocycles. The summed E-state index contributed by atoms with van der Waals surface area (Å²) >= 11 is 6.05. The van der Waals surface area contributed by atoms with Crippen LogP contribution in [0.1, 0.15) is 34.6 Å². The molecule has 0 bridgehead atoms. The average molecular weight is 474 g/mol. The summed E-state index contributed by atoms with van der Waals surface area (Å²) < 4.78 is 5.73. The maximum atomic E-state index is 13.6. The SMILES string of the molecule is CCc1ccc(N2C(=O)C(O)=C(C(=O)c3cc4cc(Cl)ccc4o3)C2c2ccc(O)cc2)cc1. The predicted molar refractivity (Wildman–Crippen MR) is 129 cm³/mol. The molecule has 170 valence electrons. The maximum absolute atomic E-state index is 13.6. The fourth-order valence-corrected chi connectivity index (χ4v) is 4.41. The molecule has 1 aliphatic rings. The van der Waals surface area contributed by atoms with Crippen molar-refractivity contribution in [2.24, 2.45) is 0 Å². The molecule has 0 radical (unpaired) electrons. The number of halogens is 1. The van der Waals surface area contributed by atoms with E-state index >= 15 is 0 Å². The first-order chi connectivity index (χ1) is 16.4. The van der Waals surface area contributed by atoms with Crippen LogP contribution in [0.5, 0.6) is 5.75 Å². The van der Waals surface area contributed by atoms with Crippen molar-refractivity contribution in [1.29, 1.82) is 0 Å². The second kappa shape index (κ2) is 8.39. The molecular formula is C27H20ClNO5. The number of benzene rings is 3. The second-order valence-electron chi connectivity index (χ2n) is 8.07. The third-order valence-corrected chi connectivity index (χ3v) is 6.22. The number of rotatable bonds is 5. The van der Waals surface area contributed by atoms with Crippen molar-refractivity contribution in [3.8, 4) is 5.75 Å². The topological polar surface area (TPSA) is 91.0 Å². The number of phenolic OH excluding ortho intramolecular Hbond substituents is 1. The summed E-state index contributed by atoms with van der Waals surface area (Å²) in [5.41, 5.74) is 2.54. The van der Waals surface area contributed by atoms with Crippen molar-refractivity contribution < 1.29 is 24.2 Å². The van der Waals surface area contributed by atoms with E-state index in [1.165, 1.54) is 17.0 Å². The van der Waals surface area contributed by atoms with Gasteiger partial charge >= 0.3 is 0 Å². The number of aromatic hydroxyl groups is 1. The van der Waals surface area contributed by atoms with Crippen molar-refractivity contribution >= 4 is 39.9 Å². The van der Waals surface area contributed by atoms with Crippen LogP contribution in [-0.2, 0) is 11.2 Å². The summed E-state index contributed by atoms with van der Waals surface area (Å²) in [5.74, 6) is -1.91. The van der Waals surface area contributed by atoms with Crippen LogP contribution < -0.4 is 4.90 Å². The van der Waals surface area contributed by atoms with Gasteiger partial charge in [-0.1, -0.05) is 42.8 Å². The molecule has 1 unspecified atom stereocenters. The number of fused-ring (bicyclic) bond motifs is 1. The zero-order chi connectivity index (χ0) is 24.0. The number of phenols is 1. The number of carbonyl (C=O) groups is 2. The van der Waals surface area contributed by atoms with E-state index < -0.39 is 23.5 Å². The Balaban J connectivity index is 1.64. The average Bonchev–Trinajstić information content (AvgIpc) is 3.38. The van der Waals surface area contributed by atoms with Crippen molar-refractivity contribution in [1.82, 2.24) is 0 Å². The van der Waals surface area contributed by atoms with Gasteiger partial charge in [0.1, 0.15) is 11.3 Å². The van der Waals surface area contributed by atoms with Gasteiger partial charge in [-0.15, -0.1) is 0 Å². The van der Waals surface area contributed by atoms with Gasteiger partial charge in [-0.2, -0.15) is 0 Å². The monoisotopic (exact) mass is 473 g/mol. The Kier molecular flexibility index (Phi) is 5.38. The maximum Gasteiger partial charge on any atom is 0.294 e. The molecule has 0 fully saturated rings. The van der Waals surface area contributed by atoms with Gasteiger partial charge in [0.05, 0.1) is 11.6 Å². The normalized spacial score (nSPS) is 16.0. The Morgan fingerprint density at radius 3 is 2.38 bits per heavy atom. The Labute approximate surface area is 200 Å². The van der Waals surface area contributed by atoms with Crippen LogP contribution >= 0.6 is 11.6 Å². The number of nitrogens with zero attached hydrogens (tertiary/aromatic N) is 1. The summed E-state index contributed by atoms with van der Waals surface area (Å²) in [7, 11) is 0. The van der Waals surface area contributed by atoms with Crippen molar-refractivity contribution in [3.63, 3.8) is 0 Å². The number of aliphatic hydroxyl groups is 1. The highest BCUT2D eigenvalue weighted by Gasteiger charge is 2.45. The molecule has 34 heavy (non-hydrogen) atoms. The number of Topliss-reactive ketones (excluding diaryl/α,β-unsaturated/α-hetero) is 1. The summed E-state index contributed by atoms with van der Waals surface area (Å²) in [6.45, 7) is 2.03. The van der Waals surface area contributed by atoms with E-state index in [-0.39, 0.29) is 17.1 Å². The lowest BCUT2D eigenvalue weighted by Gasteiger charge is -2.27. The molecule has 0 aliphatic carbocycles. The van der Waals surface area contributed by atoms with Crippen molar-refractivity contribution in [3.05, 3.63) is 106 Å². The smallest absolute Gasteiger partial charge is 0.294 e. The fraction of sp³-hybridized carbons (Fsp3) is 0.111. The molecular weight excluding hydrogens is 454 g/mol. The number of carbonyl (C=O) groups excluding carboxylic acids is 2. The summed E-state index contributed by atoms with van der Waals surface area (Å²) in [6, 6.07) is 19.2. The van der Waals surface area contributed by atoms with E-state index in [9.17, 15) is 19.8 Å². The van der Waals surface area contributed by atoms with Gasteiger partial charge < -0.3 is 14.6 Å². The van der Waals surface area contributed by atoms with E-state index in [2.05, 4.69) is 0 Å². The van der Waals surface area contributed by atoms with Gasteiger partial charge in [0, 0.05) is 16.1 Å². The van der Waals surface area contributed by atoms with E-state index in [1.807, 2.05) is 19.1 Å². The number of aliphatic hydroxyl groups excluding tert-OH is 1. The molecule has 1 amide bonds. The van der Waals surface area contributed by atoms with Gasteiger partial charge in [-0.25, -0.2) is 0 Å². The van der Waals surface area contributed by atoms with E-state index in [0.717, 1.165) is 12.0 Å². The molecule has 1 aliphatic heterocycles. The van der Waals surface area contributed by atoms with Crippen molar-refractivity contribution in [2.45, 2.75) is 19.4 Å². The van der Waals surface area contributed by atoms with Gasteiger partial charge in [-0.3, -0.25) is 14.5 Å². The van der Waals surface area contributed by atoms with Gasteiger partial charge in [-0.05, 0) is 66.1 Å². The first-order valence-corrected chi connectivity index (χ1v) is 11.1. The lowest BCUT2D eigenvalue weighted by atomic mass is 9.94. The van der Waals surface area contributed by atoms with Crippen LogP contribution in [0.2, 0.25) is 5.02 Å². The highest BCUT2D eigenvalue weighted by Crippen LogP contribution is 2.42. The Hall–Kier alpha value is -4.03. The first kappa shape index (κ1) is 21.8. The van der Waals surface area contributed by atoms with Gasteiger partial charge in [0.2, 0.25) is 5.78 Å². The quantitative estimate of drug-likeness (QED) is 0.340. The molecule has 2 N–H and O–H groups in total. The van der Waals surface area contributed by atoms with Crippen LogP contribution in [0.4, 0.5) is 5.69 Å². The summed E-state index contributed by atoms with van der Waals surface area (Å²) in [6.07, 6.45) is 0.832. The fourth-order valence-electron chi connectivity index (χ4n) is 4.23. The molecule has 5 rings (SSSR count). The minimum atomic E-state index is -0.912. The molecule has 1 aromatic heterocycles. The van der Waals surface area contributed by atoms with E-state index in [4.69, 9.17) is 16.0 Å². The molecule has 3 aromatic carbocycles. The number of furan rings is 1. The van der Waals surface area contributed by atoms with E-state index in [0.29, 0.717) is 27.2 Å². The molecule has 6 nitrogen and oxygen atoms in total. The molecule has 0 saturated carbocycles. The highest BCUT2D eigenvalue weighted by molar-refractivity contribution is 6.31. The van der Waals surface area contributed by atoms with Crippen LogP contribution in [0, 0.1) is 0 Å². The van der Waals surface area contributed by atoms with E-state index in [1.54, 1.807) is 48.5 Å². The number of amides is 1. The Bertz CT molecular complexity index is 1450. The number of aryl methyl sites for hydroxylation is 1. The lowest BCUT2D eigenvalue weighted by molar-refractivity contribution is -0.117. The minimum Gasteiger partial charge on any atom is -0.508 e. The number of anilines is 1. The van der Waals surface area contributed by atoms with Crippen LogP contribution in [0.15, 0.2) is 88.5 Å². The predicted octanol–water partition coefficient (Wildman–Crippen LogP) is 6.14. The van der Waals surface area contributed by atoms with Crippen LogP contribution in [0.25, 0.3) is 11.0 Å². The molecule has 4 aromatic rings. The number of hydrogen-bond donors (Lipinski definition) is 2. The zero-order valence-corrected chi connectivity index (χ0v) is 18.9.